The van der Waals surface area contributed by atoms with Crippen LogP contribution in [0, 0.1) is 0 Å². The van der Waals surface area contributed by atoms with Crippen molar-refractivity contribution in [3.8, 4) is 5.75 Å². The minimum Gasteiger partial charge on any atom is -0.544 e. The molecule has 0 spiro atoms. The topological polar surface area (TPSA) is 75.7 Å². The van der Waals surface area contributed by atoms with Gasteiger partial charge in [0.15, 0.2) is 5.60 Å². The lowest BCUT2D eigenvalue weighted by Crippen LogP contribution is -2.57. The molecular formula is C19H23F2O5-. The van der Waals surface area contributed by atoms with Crippen molar-refractivity contribution < 1.29 is 33.0 Å². The van der Waals surface area contributed by atoms with Crippen LogP contribution in [0.3, 0.4) is 0 Å². The van der Waals surface area contributed by atoms with Gasteiger partial charge in [0.2, 0.25) is 0 Å². The standard InChI is InChI=1S/C19H24F2O5/c1-4-18(11-5-6-12-18)25-14-9-7-13(8-10-14)15(22)26-17(2,3)19(20,21)16(23)24/h7-10H,4-6,11-12H2,1-3H3,(H,23,24)/p-1. The van der Waals surface area contributed by atoms with Crippen molar-refractivity contribution >= 4 is 11.9 Å². The largest absolute Gasteiger partial charge is 0.544 e. The third-order valence-corrected chi connectivity index (χ3v) is 4.94. The number of carbonyl (C=O) groups is 2. The van der Waals surface area contributed by atoms with Gasteiger partial charge in [-0.15, -0.1) is 0 Å². The molecule has 1 aliphatic carbocycles. The van der Waals surface area contributed by atoms with Crippen molar-refractivity contribution in [2.24, 2.45) is 0 Å². The first-order valence-corrected chi connectivity index (χ1v) is 8.65. The molecule has 0 radical (unpaired) electrons. The molecule has 2 rings (SSSR count). The van der Waals surface area contributed by atoms with Crippen molar-refractivity contribution in [2.75, 3.05) is 0 Å². The number of alkyl halides is 2. The molecular weight excluding hydrogens is 346 g/mol. The molecule has 7 heteroatoms. The van der Waals surface area contributed by atoms with Gasteiger partial charge in [0.05, 0.1) is 5.56 Å². The van der Waals surface area contributed by atoms with E-state index in [4.69, 9.17) is 9.47 Å². The Bertz CT molecular complexity index is 661. The summed E-state index contributed by atoms with van der Waals surface area (Å²) >= 11 is 0. The Balaban J connectivity index is 2.08. The van der Waals surface area contributed by atoms with E-state index >= 15 is 0 Å². The van der Waals surface area contributed by atoms with Gasteiger partial charge in [-0.3, -0.25) is 0 Å². The first-order chi connectivity index (χ1) is 12.0. The molecule has 1 fully saturated rings. The number of carboxylic acid groups (broad SMARTS) is 1. The fraction of sp³-hybridized carbons (Fsp3) is 0.579. The molecule has 0 heterocycles. The van der Waals surface area contributed by atoms with E-state index in [9.17, 15) is 23.5 Å². The maximum Gasteiger partial charge on any atom is 0.338 e. The summed E-state index contributed by atoms with van der Waals surface area (Å²) in [6, 6.07) is 5.97. The lowest BCUT2D eigenvalue weighted by molar-refractivity contribution is -0.341. The van der Waals surface area contributed by atoms with Crippen LogP contribution in [-0.4, -0.2) is 29.1 Å². The van der Waals surface area contributed by atoms with Crippen LogP contribution in [0.5, 0.6) is 5.75 Å². The van der Waals surface area contributed by atoms with Crippen LogP contribution in [0.1, 0.15) is 63.2 Å². The summed E-state index contributed by atoms with van der Waals surface area (Å²) in [5, 5.41) is 10.6. The first-order valence-electron chi connectivity index (χ1n) is 8.65. The molecule has 26 heavy (non-hydrogen) atoms. The van der Waals surface area contributed by atoms with E-state index in [1.807, 2.05) is 0 Å². The minimum atomic E-state index is -4.32. The molecule has 0 amide bonds. The fourth-order valence-corrected chi connectivity index (χ4v) is 3.06. The number of benzene rings is 1. The highest BCUT2D eigenvalue weighted by Crippen LogP contribution is 2.37. The molecule has 0 bridgehead atoms. The second-order valence-corrected chi connectivity index (χ2v) is 7.13. The van der Waals surface area contributed by atoms with E-state index < -0.39 is 23.5 Å². The molecule has 0 aromatic heterocycles. The molecule has 144 valence electrons. The zero-order chi connectivity index (χ0) is 19.6. The van der Waals surface area contributed by atoms with Gasteiger partial charge in [-0.25, -0.2) is 4.79 Å². The number of aliphatic carboxylic acids is 1. The van der Waals surface area contributed by atoms with Gasteiger partial charge in [0.25, 0.3) is 0 Å². The molecule has 0 N–H and O–H groups in total. The Morgan fingerprint density at radius 3 is 2.15 bits per heavy atom. The normalized spacial score (nSPS) is 17.0. The predicted octanol–water partition coefficient (Wildman–Crippen LogP) is 3.11. The van der Waals surface area contributed by atoms with E-state index in [1.54, 1.807) is 12.1 Å². The number of carbonyl (C=O) groups excluding carboxylic acids is 2. The lowest BCUT2D eigenvalue weighted by atomic mass is 9.98. The van der Waals surface area contributed by atoms with Gasteiger partial charge < -0.3 is 19.4 Å². The smallest absolute Gasteiger partial charge is 0.338 e. The van der Waals surface area contributed by atoms with Crippen LogP contribution < -0.4 is 9.84 Å². The molecule has 0 aliphatic heterocycles. The Kier molecular flexibility index (Phi) is 5.58. The van der Waals surface area contributed by atoms with Crippen LogP contribution in [-0.2, 0) is 9.53 Å². The molecule has 5 nitrogen and oxygen atoms in total. The highest BCUT2D eigenvalue weighted by Gasteiger charge is 2.51. The van der Waals surface area contributed by atoms with Crippen molar-refractivity contribution in [1.29, 1.82) is 0 Å². The number of halogens is 2. The average Bonchev–Trinajstić information content (AvgIpc) is 3.03. The summed E-state index contributed by atoms with van der Waals surface area (Å²) in [5.41, 5.74) is -2.72. The summed E-state index contributed by atoms with van der Waals surface area (Å²) in [6.45, 7) is 3.71. The summed E-state index contributed by atoms with van der Waals surface area (Å²) in [4.78, 5) is 22.7. The Morgan fingerprint density at radius 1 is 1.15 bits per heavy atom. The SMILES string of the molecule is CCC1(Oc2ccc(C(=O)OC(C)(C)C(F)(F)C(=O)[O-])cc2)CCCC1. The van der Waals surface area contributed by atoms with Crippen molar-refractivity contribution in [1.82, 2.24) is 0 Å². The van der Waals surface area contributed by atoms with Crippen LogP contribution in [0.25, 0.3) is 0 Å². The Hall–Kier alpha value is -2.18. The zero-order valence-electron chi connectivity index (χ0n) is 15.1. The second-order valence-electron chi connectivity index (χ2n) is 7.13. The van der Waals surface area contributed by atoms with Crippen LogP contribution in [0.15, 0.2) is 24.3 Å². The highest BCUT2D eigenvalue weighted by molar-refractivity contribution is 5.90. The monoisotopic (exact) mass is 369 g/mol. The zero-order valence-corrected chi connectivity index (χ0v) is 15.1. The Labute approximate surface area is 151 Å². The number of hydrogen-bond donors (Lipinski definition) is 0. The molecule has 0 saturated heterocycles. The summed E-state index contributed by atoms with van der Waals surface area (Å²) in [6.07, 6.45) is 5.04. The molecule has 1 aromatic carbocycles. The van der Waals surface area contributed by atoms with E-state index in [-0.39, 0.29) is 11.2 Å². The third kappa shape index (κ3) is 3.97. The highest BCUT2D eigenvalue weighted by atomic mass is 19.3. The van der Waals surface area contributed by atoms with Crippen molar-refractivity contribution in [2.45, 2.75) is 70.0 Å². The number of esters is 1. The van der Waals surface area contributed by atoms with E-state index in [1.165, 1.54) is 12.1 Å². The lowest BCUT2D eigenvalue weighted by Gasteiger charge is -2.34. The quantitative estimate of drug-likeness (QED) is 0.691. The Morgan fingerprint density at radius 2 is 1.69 bits per heavy atom. The summed E-state index contributed by atoms with van der Waals surface area (Å²) < 4.78 is 38.0. The minimum absolute atomic E-state index is 0.0246. The first kappa shape index (κ1) is 20.1. The van der Waals surface area contributed by atoms with E-state index in [0.29, 0.717) is 5.75 Å². The van der Waals surface area contributed by atoms with Crippen LogP contribution in [0.4, 0.5) is 8.78 Å². The van der Waals surface area contributed by atoms with Crippen LogP contribution in [0.2, 0.25) is 0 Å². The fourth-order valence-electron chi connectivity index (χ4n) is 3.06. The number of carboxylic acids is 1. The van der Waals surface area contributed by atoms with Crippen molar-refractivity contribution in [3.63, 3.8) is 0 Å². The molecule has 1 aromatic rings. The van der Waals surface area contributed by atoms with Gasteiger partial charge in [-0.05, 0) is 70.2 Å². The van der Waals surface area contributed by atoms with Crippen molar-refractivity contribution in [3.05, 3.63) is 29.8 Å². The maximum absolute atomic E-state index is 13.6. The average molecular weight is 369 g/mol. The summed E-state index contributed by atoms with van der Waals surface area (Å²) in [5.74, 6) is -7.37. The van der Waals surface area contributed by atoms with Crippen LogP contribution >= 0.6 is 0 Å². The van der Waals surface area contributed by atoms with Gasteiger partial charge in [-0.2, -0.15) is 8.78 Å². The second kappa shape index (κ2) is 7.21. The molecule has 0 atom stereocenters. The van der Waals surface area contributed by atoms with E-state index in [0.717, 1.165) is 46.0 Å². The molecule has 1 aliphatic rings. The van der Waals surface area contributed by atoms with E-state index in [2.05, 4.69) is 6.92 Å². The number of hydrogen-bond acceptors (Lipinski definition) is 5. The predicted molar refractivity (Wildman–Crippen MR) is 88.0 cm³/mol. The molecule has 1 saturated carbocycles. The number of rotatable bonds is 7. The summed E-state index contributed by atoms with van der Waals surface area (Å²) in [7, 11) is 0. The number of ether oxygens (including phenoxy) is 2. The third-order valence-electron chi connectivity index (χ3n) is 4.94. The van der Waals surface area contributed by atoms with Gasteiger partial charge in [-0.1, -0.05) is 6.92 Å². The molecule has 0 unspecified atom stereocenters. The maximum atomic E-state index is 13.6. The van der Waals surface area contributed by atoms with Gasteiger partial charge in [0, 0.05) is 0 Å². The van der Waals surface area contributed by atoms with Gasteiger partial charge in [0.1, 0.15) is 17.3 Å². The van der Waals surface area contributed by atoms with Gasteiger partial charge >= 0.3 is 11.9 Å².